The number of methoxy groups -OCH3 is 2. The number of esters is 1. The fourth-order valence-corrected chi connectivity index (χ4v) is 2.44. The molecule has 2 aromatic carbocycles. The van der Waals surface area contributed by atoms with E-state index in [1.54, 1.807) is 49.6 Å². The Morgan fingerprint density at radius 2 is 1.52 bits per heavy atom. The van der Waals surface area contributed by atoms with Gasteiger partial charge in [0.25, 0.3) is 5.91 Å². The predicted octanol–water partition coefficient (Wildman–Crippen LogP) is 3.94. The zero-order valence-electron chi connectivity index (χ0n) is 16.3. The minimum Gasteiger partial charge on any atom is -0.497 e. The molecule has 0 radical (unpaired) electrons. The van der Waals surface area contributed by atoms with E-state index in [-0.39, 0.29) is 17.0 Å². The van der Waals surface area contributed by atoms with Crippen molar-refractivity contribution in [2.75, 3.05) is 14.2 Å². The van der Waals surface area contributed by atoms with Gasteiger partial charge >= 0.3 is 5.97 Å². The average Bonchev–Trinajstić information content (AvgIpc) is 2.66. The van der Waals surface area contributed by atoms with Gasteiger partial charge in [0.2, 0.25) is 0 Å². The number of carbonyl (C=O) groups is 2. The summed E-state index contributed by atoms with van der Waals surface area (Å²) in [5, 5.41) is 2.64. The van der Waals surface area contributed by atoms with Gasteiger partial charge < -0.3 is 14.8 Å². The predicted molar refractivity (Wildman–Crippen MR) is 106 cm³/mol. The first-order valence-corrected chi connectivity index (χ1v) is 8.60. The van der Waals surface area contributed by atoms with Gasteiger partial charge in [0, 0.05) is 5.56 Å². The molecule has 0 aliphatic carbocycles. The summed E-state index contributed by atoms with van der Waals surface area (Å²) in [5.74, 6) is -0.291. The summed E-state index contributed by atoms with van der Waals surface area (Å²) >= 11 is 0. The lowest BCUT2D eigenvalue weighted by molar-refractivity contribution is -0.136. The molecule has 5 nitrogen and oxygen atoms in total. The first-order chi connectivity index (χ1) is 12.7. The van der Waals surface area contributed by atoms with Crippen LogP contribution >= 0.6 is 0 Å². The monoisotopic (exact) mass is 367 g/mol. The molecule has 1 amide bonds. The molecule has 0 aromatic heterocycles. The van der Waals surface area contributed by atoms with Gasteiger partial charge in [-0.3, -0.25) is 4.79 Å². The Labute approximate surface area is 160 Å². The zero-order chi connectivity index (χ0) is 20.0. The van der Waals surface area contributed by atoms with Gasteiger partial charge in [-0.05, 0) is 46.9 Å². The molecule has 1 N–H and O–H groups in total. The molecule has 0 fully saturated rings. The van der Waals surface area contributed by atoms with Crippen molar-refractivity contribution in [1.82, 2.24) is 5.32 Å². The molecule has 2 rings (SSSR count). The number of nitrogens with one attached hydrogen (secondary N) is 1. The van der Waals surface area contributed by atoms with E-state index in [9.17, 15) is 9.59 Å². The van der Waals surface area contributed by atoms with Crippen molar-refractivity contribution in [3.63, 3.8) is 0 Å². The van der Waals surface area contributed by atoms with Crippen LogP contribution in [0.25, 0.3) is 6.08 Å². The quantitative estimate of drug-likeness (QED) is 0.642. The van der Waals surface area contributed by atoms with E-state index in [1.807, 2.05) is 12.1 Å². The normalized spacial score (nSPS) is 11.7. The van der Waals surface area contributed by atoms with Gasteiger partial charge in [-0.1, -0.05) is 45.0 Å². The largest absolute Gasteiger partial charge is 0.497 e. The molecule has 5 heteroatoms. The van der Waals surface area contributed by atoms with Crippen molar-refractivity contribution >= 4 is 18.0 Å². The fraction of sp³-hybridized carbons (Fsp3) is 0.273. The summed E-state index contributed by atoms with van der Waals surface area (Å²) in [6.07, 6.45) is 1.56. The van der Waals surface area contributed by atoms with Crippen LogP contribution in [-0.2, 0) is 14.9 Å². The number of hydrogen-bond acceptors (Lipinski definition) is 4. The Morgan fingerprint density at radius 1 is 0.926 bits per heavy atom. The second-order valence-corrected chi connectivity index (χ2v) is 7.10. The highest BCUT2D eigenvalue weighted by Crippen LogP contribution is 2.22. The summed E-state index contributed by atoms with van der Waals surface area (Å²) in [5.41, 5.74) is 2.39. The van der Waals surface area contributed by atoms with Gasteiger partial charge in [0.1, 0.15) is 11.4 Å². The van der Waals surface area contributed by atoms with Crippen LogP contribution in [0.5, 0.6) is 5.75 Å². The van der Waals surface area contributed by atoms with Crippen LogP contribution in [0.1, 0.15) is 42.3 Å². The molecule has 27 heavy (non-hydrogen) atoms. The number of carbonyl (C=O) groups excluding carboxylic acids is 2. The van der Waals surface area contributed by atoms with Gasteiger partial charge in [0.05, 0.1) is 14.2 Å². The van der Waals surface area contributed by atoms with Crippen LogP contribution in [0.3, 0.4) is 0 Å². The van der Waals surface area contributed by atoms with Gasteiger partial charge in [-0.2, -0.15) is 0 Å². The molecule has 0 unspecified atom stereocenters. The molecule has 0 bridgehead atoms. The molecule has 0 heterocycles. The molecule has 2 aromatic rings. The highest BCUT2D eigenvalue weighted by atomic mass is 16.5. The standard InChI is InChI=1S/C22H25NO4/c1-22(2,3)17-10-8-16(9-11-17)20(24)23-19(21(25)27-5)14-15-6-12-18(26-4)13-7-15/h6-14H,1-5H3,(H,23,24)/b19-14+. The lowest BCUT2D eigenvalue weighted by Crippen LogP contribution is -2.28. The Balaban J connectivity index is 2.23. The summed E-state index contributed by atoms with van der Waals surface area (Å²) in [6.45, 7) is 6.32. The van der Waals surface area contributed by atoms with E-state index < -0.39 is 5.97 Å². The molecule has 0 saturated carbocycles. The van der Waals surface area contributed by atoms with E-state index in [4.69, 9.17) is 9.47 Å². The number of amides is 1. The maximum Gasteiger partial charge on any atom is 0.354 e. The maximum atomic E-state index is 12.5. The minimum atomic E-state index is -0.620. The summed E-state index contributed by atoms with van der Waals surface area (Å²) < 4.78 is 9.90. The third-order valence-electron chi connectivity index (χ3n) is 4.09. The van der Waals surface area contributed by atoms with Crippen LogP contribution < -0.4 is 10.1 Å². The van der Waals surface area contributed by atoms with E-state index in [0.29, 0.717) is 11.3 Å². The van der Waals surface area contributed by atoms with Crippen LogP contribution in [0.15, 0.2) is 54.2 Å². The van der Waals surface area contributed by atoms with E-state index >= 15 is 0 Å². The van der Waals surface area contributed by atoms with Crippen molar-refractivity contribution in [2.24, 2.45) is 0 Å². The number of hydrogen-bond donors (Lipinski definition) is 1. The molecular formula is C22H25NO4. The Kier molecular flexibility index (Phi) is 6.40. The molecule has 142 valence electrons. The maximum absolute atomic E-state index is 12.5. The molecule has 0 spiro atoms. The van der Waals surface area contributed by atoms with E-state index in [2.05, 4.69) is 26.1 Å². The Morgan fingerprint density at radius 3 is 2.00 bits per heavy atom. The van der Waals surface area contributed by atoms with Crippen molar-refractivity contribution in [1.29, 1.82) is 0 Å². The second kappa shape index (κ2) is 8.54. The molecule has 0 aliphatic heterocycles. The average molecular weight is 367 g/mol. The summed E-state index contributed by atoms with van der Waals surface area (Å²) in [7, 11) is 2.85. The molecule has 0 aliphatic rings. The number of ether oxygens (including phenoxy) is 2. The summed E-state index contributed by atoms with van der Waals surface area (Å²) in [4.78, 5) is 24.6. The lowest BCUT2D eigenvalue weighted by Gasteiger charge is -2.19. The first-order valence-electron chi connectivity index (χ1n) is 8.60. The van der Waals surface area contributed by atoms with Crippen molar-refractivity contribution in [3.8, 4) is 5.75 Å². The summed E-state index contributed by atoms with van der Waals surface area (Å²) in [6, 6.07) is 14.4. The lowest BCUT2D eigenvalue weighted by atomic mass is 9.87. The fourth-order valence-electron chi connectivity index (χ4n) is 2.44. The smallest absolute Gasteiger partial charge is 0.354 e. The van der Waals surface area contributed by atoms with Crippen LogP contribution in [-0.4, -0.2) is 26.1 Å². The van der Waals surface area contributed by atoms with E-state index in [0.717, 1.165) is 11.1 Å². The molecule has 0 saturated heterocycles. The molecular weight excluding hydrogens is 342 g/mol. The second-order valence-electron chi connectivity index (χ2n) is 7.10. The minimum absolute atomic E-state index is 0.000448. The van der Waals surface area contributed by atoms with Crippen LogP contribution in [0, 0.1) is 0 Å². The zero-order valence-corrected chi connectivity index (χ0v) is 16.3. The van der Waals surface area contributed by atoms with Crippen molar-refractivity contribution in [3.05, 3.63) is 70.9 Å². The topological polar surface area (TPSA) is 64.6 Å². The van der Waals surface area contributed by atoms with Crippen LogP contribution in [0.4, 0.5) is 0 Å². The van der Waals surface area contributed by atoms with Crippen molar-refractivity contribution in [2.45, 2.75) is 26.2 Å². The van der Waals surface area contributed by atoms with Gasteiger partial charge in [-0.25, -0.2) is 4.79 Å². The van der Waals surface area contributed by atoms with E-state index in [1.165, 1.54) is 7.11 Å². The third-order valence-corrected chi connectivity index (χ3v) is 4.09. The van der Waals surface area contributed by atoms with Crippen LogP contribution in [0.2, 0.25) is 0 Å². The Hall–Kier alpha value is -3.08. The Bertz CT molecular complexity index is 828. The number of rotatable bonds is 5. The number of benzene rings is 2. The van der Waals surface area contributed by atoms with Gasteiger partial charge in [0.15, 0.2) is 0 Å². The van der Waals surface area contributed by atoms with Gasteiger partial charge in [-0.15, -0.1) is 0 Å². The first kappa shape index (κ1) is 20.2. The van der Waals surface area contributed by atoms with Crippen molar-refractivity contribution < 1.29 is 19.1 Å². The highest BCUT2D eigenvalue weighted by molar-refractivity contribution is 6.03. The SMILES string of the molecule is COC(=O)/C(=C\c1ccc(OC)cc1)NC(=O)c1ccc(C(C)(C)C)cc1. The highest BCUT2D eigenvalue weighted by Gasteiger charge is 2.17. The molecule has 0 atom stereocenters. The third kappa shape index (κ3) is 5.45.